The molecule has 2 aromatic heterocycles. The van der Waals surface area contributed by atoms with Crippen molar-refractivity contribution in [2.24, 2.45) is 17.8 Å². The number of nitrogen functional groups attached to an aromatic ring is 1. The average molecular weight is 739 g/mol. The number of nitrogens with zero attached hydrogens (tertiary/aromatic N) is 4. The second-order valence-electron chi connectivity index (χ2n) is 15.0. The van der Waals surface area contributed by atoms with Crippen molar-refractivity contribution >= 4 is 30.8 Å². The number of aliphatic hydroxyl groups excluding tert-OH is 2. The SMILES string of the molecule is CCCCCCCCCCCCCCCCCCC(C)CC(C)CC(C)C(=O)OP(=O)([O-])OC[C@H]1O[C@@H](n2cnc3c(N)ncnc32)[C@H](O)[C@@H]1O. The lowest BCUT2D eigenvalue weighted by atomic mass is 9.87. The van der Waals surface area contributed by atoms with Gasteiger partial charge in [0.25, 0.3) is 0 Å². The Labute approximate surface area is 305 Å². The van der Waals surface area contributed by atoms with Crippen LogP contribution in [0.1, 0.15) is 156 Å². The molecule has 3 rings (SSSR count). The van der Waals surface area contributed by atoms with E-state index in [0.29, 0.717) is 12.3 Å². The molecule has 0 bridgehead atoms. The van der Waals surface area contributed by atoms with E-state index in [2.05, 4.69) is 35.7 Å². The summed E-state index contributed by atoms with van der Waals surface area (Å²) in [7, 11) is -5.07. The topological polar surface area (TPSA) is 195 Å². The summed E-state index contributed by atoms with van der Waals surface area (Å²) in [6.45, 7) is 7.56. The number of aromatic nitrogens is 4. The quantitative estimate of drug-likeness (QED) is 0.0608. The van der Waals surface area contributed by atoms with E-state index >= 15 is 0 Å². The van der Waals surface area contributed by atoms with Crippen molar-refractivity contribution in [3.05, 3.63) is 12.7 Å². The third-order valence-corrected chi connectivity index (χ3v) is 11.0. The van der Waals surface area contributed by atoms with E-state index in [-0.39, 0.29) is 22.9 Å². The standard InChI is InChI=1S/C37H66N5O8P/c1-5-6-7-8-9-10-11-12-13-14-15-16-17-18-19-20-21-27(2)22-28(3)23-29(4)37(45)50-51(46,47)48-24-30-32(43)33(44)36(49-30)42-26-41-31-34(38)39-25-40-35(31)42/h25-30,32-33,36,43-44H,5-24H2,1-4H3,(H,46,47)(H2,38,39,40)/p-1/t27?,28?,29?,30-,32-,33-,36-/m1/s1. The summed E-state index contributed by atoms with van der Waals surface area (Å²) < 4.78 is 29.2. The number of anilines is 1. The second kappa shape index (κ2) is 22.8. The zero-order valence-electron chi connectivity index (χ0n) is 31.5. The number of phosphoric acid groups is 1. The van der Waals surface area contributed by atoms with E-state index in [4.69, 9.17) is 19.5 Å². The predicted octanol–water partition coefficient (Wildman–Crippen LogP) is 7.40. The van der Waals surface area contributed by atoms with Crippen LogP contribution in [-0.4, -0.2) is 60.6 Å². The number of fused-ring (bicyclic) bond motifs is 1. The lowest BCUT2D eigenvalue weighted by molar-refractivity contribution is -0.228. The van der Waals surface area contributed by atoms with Crippen molar-refractivity contribution in [3.8, 4) is 0 Å². The minimum absolute atomic E-state index is 0.129. The monoisotopic (exact) mass is 738 g/mol. The molecule has 1 aliphatic rings. The molecule has 14 heteroatoms. The number of nitrogens with two attached hydrogens (primary N) is 1. The molecular formula is C37H65N5O8P-. The molecule has 2 aromatic rings. The van der Waals surface area contributed by atoms with Crippen molar-refractivity contribution < 1.29 is 38.3 Å². The largest absolute Gasteiger partial charge is 0.746 e. The number of carbonyl (C=O) groups is 1. The Morgan fingerprint density at radius 3 is 2.04 bits per heavy atom. The third-order valence-electron chi connectivity index (χ3n) is 10.1. The molecule has 4 N–H and O–H groups in total. The van der Waals surface area contributed by atoms with Crippen molar-refractivity contribution in [2.75, 3.05) is 12.3 Å². The molecule has 51 heavy (non-hydrogen) atoms. The maximum atomic E-state index is 12.7. The Hall–Kier alpha value is -2.15. The number of carbonyl (C=O) groups excluding carboxylic acids is 1. The number of phosphoric ester groups is 1. The van der Waals surface area contributed by atoms with Gasteiger partial charge in [0.1, 0.15) is 30.2 Å². The number of rotatable bonds is 27. The molecule has 0 aliphatic carbocycles. The van der Waals surface area contributed by atoms with Crippen LogP contribution in [0.15, 0.2) is 12.7 Å². The summed E-state index contributed by atoms with van der Waals surface area (Å²) in [5.74, 6) is -0.665. The van der Waals surface area contributed by atoms with Gasteiger partial charge in [-0.25, -0.2) is 15.0 Å². The van der Waals surface area contributed by atoms with Gasteiger partial charge in [-0.15, -0.1) is 0 Å². The Bertz CT molecular complexity index is 1330. The lowest BCUT2D eigenvalue weighted by Crippen LogP contribution is -2.34. The van der Waals surface area contributed by atoms with E-state index in [1.165, 1.54) is 120 Å². The molecule has 1 aliphatic heterocycles. The van der Waals surface area contributed by atoms with Crippen molar-refractivity contribution in [2.45, 2.75) is 174 Å². The van der Waals surface area contributed by atoms with Crippen LogP contribution in [0.5, 0.6) is 0 Å². The van der Waals surface area contributed by atoms with Gasteiger partial charge in [0, 0.05) is 0 Å². The van der Waals surface area contributed by atoms with Crippen LogP contribution in [0, 0.1) is 17.8 Å². The summed E-state index contributed by atoms with van der Waals surface area (Å²) in [5.41, 5.74) is 6.36. The molecule has 1 saturated heterocycles. The van der Waals surface area contributed by atoms with Gasteiger partial charge in [0.05, 0.1) is 18.9 Å². The third kappa shape index (κ3) is 15.0. The molecule has 0 spiro atoms. The molecule has 0 aromatic carbocycles. The predicted molar refractivity (Wildman–Crippen MR) is 196 cm³/mol. The van der Waals surface area contributed by atoms with Gasteiger partial charge >= 0.3 is 13.8 Å². The number of hydrogen-bond donors (Lipinski definition) is 3. The minimum Gasteiger partial charge on any atom is -0.746 e. The maximum absolute atomic E-state index is 12.7. The molecule has 292 valence electrons. The summed E-state index contributed by atoms with van der Waals surface area (Å²) in [5, 5.41) is 21.1. The summed E-state index contributed by atoms with van der Waals surface area (Å²) in [6.07, 6.45) is 21.5. The van der Waals surface area contributed by atoms with Crippen LogP contribution in [-0.2, 0) is 23.1 Å². The molecule has 8 atom stereocenters. The van der Waals surface area contributed by atoms with Crippen LogP contribution in [0.25, 0.3) is 11.2 Å². The van der Waals surface area contributed by atoms with Crippen molar-refractivity contribution in [1.82, 2.24) is 19.5 Å². The maximum Gasteiger partial charge on any atom is 0.322 e. The molecule has 0 radical (unpaired) electrons. The van der Waals surface area contributed by atoms with Crippen molar-refractivity contribution in [3.63, 3.8) is 0 Å². The van der Waals surface area contributed by atoms with Crippen LogP contribution in [0.4, 0.5) is 5.82 Å². The smallest absolute Gasteiger partial charge is 0.322 e. The number of aliphatic hydroxyl groups is 2. The van der Waals surface area contributed by atoms with Gasteiger partial charge in [0.15, 0.2) is 17.7 Å². The molecular weight excluding hydrogens is 673 g/mol. The highest BCUT2D eigenvalue weighted by Crippen LogP contribution is 2.42. The number of imidazole rings is 1. The zero-order valence-corrected chi connectivity index (χ0v) is 32.4. The molecule has 4 unspecified atom stereocenters. The van der Waals surface area contributed by atoms with Gasteiger partial charge in [-0.3, -0.25) is 13.9 Å². The minimum atomic E-state index is -5.07. The van der Waals surface area contributed by atoms with Gasteiger partial charge in [-0.1, -0.05) is 137 Å². The normalized spacial score (nSPS) is 22.2. The van der Waals surface area contributed by atoms with Crippen LogP contribution >= 0.6 is 7.82 Å². The molecule has 1 fully saturated rings. The van der Waals surface area contributed by atoms with Crippen LogP contribution < -0.4 is 10.6 Å². The summed E-state index contributed by atoms with van der Waals surface area (Å²) >= 11 is 0. The molecule has 13 nitrogen and oxygen atoms in total. The van der Waals surface area contributed by atoms with E-state index < -0.39 is 50.9 Å². The Kier molecular flexibility index (Phi) is 19.3. The average Bonchev–Trinajstić information content (AvgIpc) is 3.64. The van der Waals surface area contributed by atoms with E-state index in [0.717, 1.165) is 12.8 Å². The Morgan fingerprint density at radius 1 is 0.882 bits per heavy atom. The van der Waals surface area contributed by atoms with Crippen LogP contribution in [0.3, 0.4) is 0 Å². The Morgan fingerprint density at radius 2 is 1.45 bits per heavy atom. The fourth-order valence-corrected chi connectivity index (χ4v) is 7.97. The highest BCUT2D eigenvalue weighted by atomic mass is 31.2. The first-order valence-corrected chi connectivity index (χ1v) is 21.0. The van der Waals surface area contributed by atoms with E-state index in [1.54, 1.807) is 6.92 Å². The van der Waals surface area contributed by atoms with Gasteiger partial charge in [-0.2, -0.15) is 0 Å². The van der Waals surface area contributed by atoms with E-state index in [9.17, 15) is 24.5 Å². The lowest BCUT2D eigenvalue weighted by Gasteiger charge is -2.26. The zero-order chi connectivity index (χ0) is 37.2. The highest BCUT2D eigenvalue weighted by Gasteiger charge is 2.45. The number of unbranched alkanes of at least 4 members (excludes halogenated alkanes) is 15. The van der Waals surface area contributed by atoms with Gasteiger partial charge in [-0.05, 0) is 24.7 Å². The van der Waals surface area contributed by atoms with E-state index in [1.807, 2.05) is 0 Å². The Balaban J connectivity index is 1.24. The molecule has 0 saturated carbocycles. The number of hydrogen-bond acceptors (Lipinski definition) is 12. The first kappa shape index (κ1) is 43.3. The van der Waals surface area contributed by atoms with Crippen molar-refractivity contribution in [1.29, 1.82) is 0 Å². The fraction of sp³-hybridized carbons (Fsp3) is 0.838. The van der Waals surface area contributed by atoms with Crippen LogP contribution in [0.2, 0.25) is 0 Å². The van der Waals surface area contributed by atoms with Gasteiger partial charge < -0.3 is 34.6 Å². The highest BCUT2D eigenvalue weighted by molar-refractivity contribution is 7.46. The molecule has 3 heterocycles. The number of ether oxygens (including phenoxy) is 1. The first-order valence-electron chi connectivity index (χ1n) is 19.6. The molecule has 0 amide bonds. The first-order chi connectivity index (χ1) is 24.4. The fourth-order valence-electron chi connectivity index (χ4n) is 7.19. The summed E-state index contributed by atoms with van der Waals surface area (Å²) in [6, 6.07) is 0. The second-order valence-corrected chi connectivity index (χ2v) is 16.3. The van der Waals surface area contributed by atoms with Gasteiger partial charge in [0.2, 0.25) is 0 Å². The summed E-state index contributed by atoms with van der Waals surface area (Å²) in [4.78, 5) is 37.3.